The summed E-state index contributed by atoms with van der Waals surface area (Å²) < 4.78 is 5.39. The van der Waals surface area contributed by atoms with Crippen LogP contribution < -0.4 is 10.1 Å². The highest BCUT2D eigenvalue weighted by Crippen LogP contribution is 2.23. The van der Waals surface area contributed by atoms with Crippen LogP contribution in [0.5, 0.6) is 5.75 Å². The molecule has 0 aliphatic carbocycles. The molecule has 0 aliphatic rings. The third-order valence-corrected chi connectivity index (χ3v) is 3.19. The number of carbonyl (C=O) groups excluding carboxylic acids is 1. The Labute approximate surface area is 123 Å². The van der Waals surface area contributed by atoms with E-state index in [-0.39, 0.29) is 5.91 Å². The van der Waals surface area contributed by atoms with Crippen LogP contribution >= 0.6 is 11.6 Å². The summed E-state index contributed by atoms with van der Waals surface area (Å²) in [5.74, 6) is 0.461. The Morgan fingerprint density at radius 2 is 1.95 bits per heavy atom. The van der Waals surface area contributed by atoms with Crippen LogP contribution in [0.15, 0.2) is 54.6 Å². The molecule has 0 saturated heterocycles. The van der Waals surface area contributed by atoms with Crippen molar-refractivity contribution in [2.45, 2.75) is 12.3 Å². The summed E-state index contributed by atoms with van der Waals surface area (Å²) in [6.07, 6.45) is 0. The highest BCUT2D eigenvalue weighted by molar-refractivity contribution is 6.32. The zero-order valence-corrected chi connectivity index (χ0v) is 11.9. The maximum Gasteiger partial charge on any atom is 0.246 e. The van der Waals surface area contributed by atoms with Crippen LogP contribution in [0.2, 0.25) is 0 Å². The van der Waals surface area contributed by atoms with Crippen molar-refractivity contribution in [2.24, 2.45) is 0 Å². The Hall–Kier alpha value is -2.00. The molecule has 0 radical (unpaired) electrons. The summed E-state index contributed by atoms with van der Waals surface area (Å²) in [6, 6.07) is 16.5. The van der Waals surface area contributed by atoms with E-state index in [2.05, 4.69) is 5.32 Å². The maximum atomic E-state index is 12.1. The van der Waals surface area contributed by atoms with Crippen molar-refractivity contribution < 1.29 is 9.53 Å². The molecule has 0 aliphatic heterocycles. The lowest BCUT2D eigenvalue weighted by atomic mass is 10.1. The van der Waals surface area contributed by atoms with E-state index >= 15 is 0 Å². The quantitative estimate of drug-likeness (QED) is 0.845. The molecule has 2 rings (SSSR count). The number of ether oxygens (including phenoxy) is 1. The zero-order chi connectivity index (χ0) is 14.4. The molecule has 0 fully saturated rings. The Kier molecular flexibility index (Phi) is 5.02. The standard InChI is InChI=1S/C16H16ClNO2/c1-2-20-14-10-6-9-13(11-14)18-16(19)15(17)12-7-4-3-5-8-12/h3-11,15H,2H2,1H3,(H,18,19). The minimum absolute atomic E-state index is 0.258. The minimum atomic E-state index is -0.716. The normalized spacial score (nSPS) is 11.7. The number of hydrogen-bond acceptors (Lipinski definition) is 2. The van der Waals surface area contributed by atoms with E-state index in [4.69, 9.17) is 16.3 Å². The molecule has 0 bridgehead atoms. The molecule has 2 aromatic rings. The molecule has 0 saturated carbocycles. The van der Waals surface area contributed by atoms with E-state index in [0.29, 0.717) is 12.3 Å². The number of halogens is 1. The van der Waals surface area contributed by atoms with E-state index in [1.165, 1.54) is 0 Å². The average molecular weight is 290 g/mol. The Balaban J connectivity index is 2.06. The van der Waals surface area contributed by atoms with Gasteiger partial charge < -0.3 is 10.1 Å². The van der Waals surface area contributed by atoms with Crippen molar-refractivity contribution in [2.75, 3.05) is 11.9 Å². The topological polar surface area (TPSA) is 38.3 Å². The fourth-order valence-corrected chi connectivity index (χ4v) is 2.01. The second-order valence-electron chi connectivity index (χ2n) is 4.22. The van der Waals surface area contributed by atoms with E-state index in [1.807, 2.05) is 49.4 Å². The number of alkyl halides is 1. The molecule has 1 unspecified atom stereocenters. The molecule has 4 heteroatoms. The lowest BCUT2D eigenvalue weighted by molar-refractivity contribution is -0.116. The van der Waals surface area contributed by atoms with Gasteiger partial charge in [0, 0.05) is 11.8 Å². The SMILES string of the molecule is CCOc1cccc(NC(=O)C(Cl)c2ccccc2)c1. The first-order chi connectivity index (χ1) is 9.70. The number of anilines is 1. The third-order valence-electron chi connectivity index (χ3n) is 2.73. The van der Waals surface area contributed by atoms with Gasteiger partial charge in [-0.2, -0.15) is 0 Å². The summed E-state index contributed by atoms with van der Waals surface area (Å²) >= 11 is 6.16. The van der Waals surface area contributed by atoms with Crippen molar-refractivity contribution in [3.8, 4) is 5.75 Å². The molecule has 2 aromatic carbocycles. The maximum absolute atomic E-state index is 12.1. The van der Waals surface area contributed by atoms with Gasteiger partial charge in [0.1, 0.15) is 11.1 Å². The summed E-state index contributed by atoms with van der Waals surface area (Å²) in [5, 5.41) is 2.07. The average Bonchev–Trinajstić information content (AvgIpc) is 2.48. The number of nitrogens with one attached hydrogen (secondary N) is 1. The van der Waals surface area contributed by atoms with Gasteiger partial charge in [0.15, 0.2) is 0 Å². The molecule has 0 aromatic heterocycles. The number of hydrogen-bond donors (Lipinski definition) is 1. The van der Waals surface area contributed by atoms with Gasteiger partial charge in [-0.25, -0.2) is 0 Å². The molecule has 3 nitrogen and oxygen atoms in total. The number of rotatable bonds is 5. The van der Waals surface area contributed by atoms with E-state index in [9.17, 15) is 4.79 Å². The number of carbonyl (C=O) groups is 1. The Morgan fingerprint density at radius 3 is 2.65 bits per heavy atom. The lowest BCUT2D eigenvalue weighted by Gasteiger charge is -2.11. The molecule has 1 N–H and O–H groups in total. The highest BCUT2D eigenvalue weighted by Gasteiger charge is 2.17. The number of benzene rings is 2. The van der Waals surface area contributed by atoms with Gasteiger partial charge >= 0.3 is 0 Å². The predicted molar refractivity (Wildman–Crippen MR) is 81.3 cm³/mol. The monoisotopic (exact) mass is 289 g/mol. The van der Waals surface area contributed by atoms with Gasteiger partial charge in [0.2, 0.25) is 5.91 Å². The Bertz CT molecular complexity index is 572. The van der Waals surface area contributed by atoms with E-state index < -0.39 is 5.38 Å². The van der Waals surface area contributed by atoms with Crippen molar-refractivity contribution in [3.63, 3.8) is 0 Å². The molecular weight excluding hydrogens is 274 g/mol. The third kappa shape index (κ3) is 3.75. The number of amides is 1. The molecule has 20 heavy (non-hydrogen) atoms. The zero-order valence-electron chi connectivity index (χ0n) is 11.2. The van der Waals surface area contributed by atoms with Crippen LogP contribution in [0.3, 0.4) is 0 Å². The summed E-state index contributed by atoms with van der Waals surface area (Å²) in [7, 11) is 0. The molecular formula is C16H16ClNO2. The second-order valence-corrected chi connectivity index (χ2v) is 4.66. The van der Waals surface area contributed by atoms with Gasteiger partial charge in [-0.05, 0) is 24.6 Å². The minimum Gasteiger partial charge on any atom is -0.494 e. The molecule has 0 spiro atoms. The summed E-state index contributed by atoms with van der Waals surface area (Å²) in [4.78, 5) is 12.1. The van der Waals surface area contributed by atoms with Crippen LogP contribution in [0.1, 0.15) is 17.9 Å². The van der Waals surface area contributed by atoms with E-state index in [0.717, 1.165) is 11.3 Å². The van der Waals surface area contributed by atoms with Gasteiger partial charge in [-0.1, -0.05) is 36.4 Å². The van der Waals surface area contributed by atoms with Crippen molar-refractivity contribution >= 4 is 23.2 Å². The largest absolute Gasteiger partial charge is 0.494 e. The van der Waals surface area contributed by atoms with Crippen molar-refractivity contribution in [1.82, 2.24) is 0 Å². The lowest BCUT2D eigenvalue weighted by Crippen LogP contribution is -2.17. The molecule has 1 amide bonds. The van der Waals surface area contributed by atoms with Gasteiger partial charge in [0.25, 0.3) is 0 Å². The van der Waals surface area contributed by atoms with Crippen LogP contribution in [0, 0.1) is 0 Å². The van der Waals surface area contributed by atoms with Gasteiger partial charge in [0.05, 0.1) is 6.61 Å². The van der Waals surface area contributed by atoms with E-state index in [1.54, 1.807) is 12.1 Å². The molecule has 0 heterocycles. The van der Waals surface area contributed by atoms with Crippen LogP contribution in [0.25, 0.3) is 0 Å². The fourth-order valence-electron chi connectivity index (χ4n) is 1.81. The predicted octanol–water partition coefficient (Wildman–Crippen LogP) is 4.00. The molecule has 104 valence electrons. The first-order valence-corrected chi connectivity index (χ1v) is 6.87. The highest BCUT2D eigenvalue weighted by atomic mass is 35.5. The van der Waals surface area contributed by atoms with Crippen LogP contribution in [-0.4, -0.2) is 12.5 Å². The molecule has 1 atom stereocenters. The summed E-state index contributed by atoms with van der Waals surface area (Å²) in [5.41, 5.74) is 1.44. The van der Waals surface area contributed by atoms with Gasteiger partial charge in [-0.3, -0.25) is 4.79 Å². The summed E-state index contributed by atoms with van der Waals surface area (Å²) in [6.45, 7) is 2.50. The van der Waals surface area contributed by atoms with Gasteiger partial charge in [-0.15, -0.1) is 11.6 Å². The first-order valence-electron chi connectivity index (χ1n) is 6.43. The second kappa shape index (κ2) is 6.96. The van der Waals surface area contributed by atoms with Crippen molar-refractivity contribution in [3.05, 3.63) is 60.2 Å². The van der Waals surface area contributed by atoms with Crippen LogP contribution in [-0.2, 0) is 4.79 Å². The fraction of sp³-hybridized carbons (Fsp3) is 0.188. The Morgan fingerprint density at radius 1 is 1.20 bits per heavy atom. The first kappa shape index (κ1) is 14.4. The van der Waals surface area contributed by atoms with Crippen LogP contribution in [0.4, 0.5) is 5.69 Å². The van der Waals surface area contributed by atoms with Crippen molar-refractivity contribution in [1.29, 1.82) is 0 Å². The smallest absolute Gasteiger partial charge is 0.246 e.